The fraction of sp³-hybridized carbons (Fsp3) is 0.500. The van der Waals surface area contributed by atoms with Gasteiger partial charge in [0.1, 0.15) is 5.01 Å². The van der Waals surface area contributed by atoms with Crippen molar-refractivity contribution in [3.05, 3.63) is 16.1 Å². The summed E-state index contributed by atoms with van der Waals surface area (Å²) >= 11 is 1.47. The van der Waals surface area contributed by atoms with Gasteiger partial charge in [-0.25, -0.2) is 4.98 Å². The van der Waals surface area contributed by atoms with E-state index in [1.807, 2.05) is 5.38 Å². The molecule has 14 heavy (non-hydrogen) atoms. The Balaban J connectivity index is 2.39. The quantitative estimate of drug-likeness (QED) is 0.599. The molecule has 78 valence electrons. The topological polar surface area (TPSA) is 94.0 Å². The van der Waals surface area contributed by atoms with Crippen LogP contribution >= 0.6 is 11.3 Å². The Morgan fingerprint density at radius 1 is 1.57 bits per heavy atom. The van der Waals surface area contributed by atoms with Gasteiger partial charge in [0, 0.05) is 25.0 Å². The first kappa shape index (κ1) is 11.1. The number of aromatic nitrogens is 1. The molecule has 0 fully saturated rings. The van der Waals surface area contributed by atoms with Crippen molar-refractivity contribution < 1.29 is 4.79 Å². The van der Waals surface area contributed by atoms with Gasteiger partial charge < -0.3 is 16.8 Å². The molecule has 6 heteroatoms. The standard InChI is InChI=1S/C8H14N4OS/c9-1-2-11-7(13)3-6-5-14-8(4-10)12-6/h5H,1-4,9-10H2,(H,11,13). The van der Waals surface area contributed by atoms with Crippen LogP contribution in [0.3, 0.4) is 0 Å². The van der Waals surface area contributed by atoms with Gasteiger partial charge in [-0.15, -0.1) is 11.3 Å². The smallest absolute Gasteiger partial charge is 0.226 e. The number of thiazole rings is 1. The summed E-state index contributed by atoms with van der Waals surface area (Å²) in [5, 5.41) is 5.38. The van der Waals surface area contributed by atoms with Crippen LogP contribution in [0.15, 0.2) is 5.38 Å². The molecule has 1 rings (SSSR count). The average molecular weight is 214 g/mol. The normalized spacial score (nSPS) is 10.1. The van der Waals surface area contributed by atoms with Gasteiger partial charge in [0.15, 0.2) is 0 Å². The molecule has 0 aromatic carbocycles. The maximum absolute atomic E-state index is 11.2. The van der Waals surface area contributed by atoms with Crippen LogP contribution in [0.2, 0.25) is 0 Å². The third-order valence-corrected chi connectivity index (χ3v) is 2.50. The molecule has 0 bridgehead atoms. The molecule has 0 atom stereocenters. The number of nitrogens with two attached hydrogens (primary N) is 2. The van der Waals surface area contributed by atoms with Gasteiger partial charge in [0.05, 0.1) is 12.1 Å². The van der Waals surface area contributed by atoms with Crippen molar-refractivity contribution in [1.82, 2.24) is 10.3 Å². The maximum atomic E-state index is 11.2. The molecule has 0 saturated carbocycles. The van der Waals surface area contributed by atoms with E-state index in [4.69, 9.17) is 11.5 Å². The molecule has 1 aromatic rings. The van der Waals surface area contributed by atoms with Crippen LogP contribution in [0.5, 0.6) is 0 Å². The zero-order valence-electron chi connectivity index (χ0n) is 7.82. The first-order chi connectivity index (χ1) is 6.76. The minimum Gasteiger partial charge on any atom is -0.354 e. The number of amides is 1. The molecule has 1 amide bonds. The second kappa shape index (κ2) is 5.69. The van der Waals surface area contributed by atoms with Crippen molar-refractivity contribution in [3.63, 3.8) is 0 Å². The summed E-state index contributed by atoms with van der Waals surface area (Å²) in [5.74, 6) is -0.0516. The summed E-state index contributed by atoms with van der Waals surface area (Å²) in [7, 11) is 0. The first-order valence-corrected chi connectivity index (χ1v) is 5.24. The maximum Gasteiger partial charge on any atom is 0.226 e. The number of hydrogen-bond donors (Lipinski definition) is 3. The van der Waals surface area contributed by atoms with E-state index in [0.29, 0.717) is 26.1 Å². The average Bonchev–Trinajstić information content (AvgIpc) is 2.62. The first-order valence-electron chi connectivity index (χ1n) is 4.36. The van der Waals surface area contributed by atoms with E-state index >= 15 is 0 Å². The predicted molar refractivity (Wildman–Crippen MR) is 55.8 cm³/mol. The summed E-state index contributed by atoms with van der Waals surface area (Å²) in [6, 6.07) is 0. The Labute approximate surface area is 86.5 Å². The lowest BCUT2D eigenvalue weighted by atomic mass is 10.3. The highest BCUT2D eigenvalue weighted by atomic mass is 32.1. The highest BCUT2D eigenvalue weighted by Gasteiger charge is 2.05. The van der Waals surface area contributed by atoms with Gasteiger partial charge in [-0.2, -0.15) is 0 Å². The lowest BCUT2D eigenvalue weighted by Crippen LogP contribution is -2.30. The molecular formula is C8H14N4OS. The Bertz CT molecular complexity index is 299. The SMILES string of the molecule is NCCNC(=O)Cc1csc(CN)n1. The molecule has 5 N–H and O–H groups in total. The number of hydrogen-bond acceptors (Lipinski definition) is 5. The van der Waals surface area contributed by atoms with Gasteiger partial charge in [-0.3, -0.25) is 4.79 Å². The third-order valence-electron chi connectivity index (χ3n) is 1.58. The molecule has 0 radical (unpaired) electrons. The largest absolute Gasteiger partial charge is 0.354 e. The number of carbonyl (C=O) groups excluding carboxylic acids is 1. The molecule has 0 aliphatic heterocycles. The van der Waals surface area contributed by atoms with Crippen molar-refractivity contribution in [2.75, 3.05) is 13.1 Å². The summed E-state index contributed by atoms with van der Waals surface area (Å²) in [6.45, 7) is 1.39. The van der Waals surface area contributed by atoms with Crippen molar-refractivity contribution in [3.8, 4) is 0 Å². The van der Waals surface area contributed by atoms with E-state index in [1.54, 1.807) is 0 Å². The minimum absolute atomic E-state index is 0.0516. The Kier molecular flexibility index (Phi) is 4.51. The molecule has 0 unspecified atom stereocenters. The van der Waals surface area contributed by atoms with Gasteiger partial charge >= 0.3 is 0 Å². The van der Waals surface area contributed by atoms with Gasteiger partial charge in [0.25, 0.3) is 0 Å². The zero-order chi connectivity index (χ0) is 10.4. The third kappa shape index (κ3) is 3.41. The lowest BCUT2D eigenvalue weighted by Gasteiger charge is -2.00. The van der Waals surface area contributed by atoms with Crippen LogP contribution in [0.25, 0.3) is 0 Å². The highest BCUT2D eigenvalue weighted by molar-refractivity contribution is 7.09. The molecular weight excluding hydrogens is 200 g/mol. The Morgan fingerprint density at radius 3 is 2.93 bits per heavy atom. The molecule has 0 spiro atoms. The van der Waals surface area contributed by atoms with Gasteiger partial charge in [-0.05, 0) is 0 Å². The lowest BCUT2D eigenvalue weighted by molar-refractivity contribution is -0.120. The molecule has 1 heterocycles. The number of rotatable bonds is 5. The fourth-order valence-corrected chi connectivity index (χ4v) is 1.64. The van der Waals surface area contributed by atoms with E-state index in [1.165, 1.54) is 11.3 Å². The van der Waals surface area contributed by atoms with Crippen LogP contribution in [0.1, 0.15) is 10.7 Å². The number of nitrogens with zero attached hydrogens (tertiary/aromatic N) is 1. The molecule has 0 aliphatic rings. The summed E-state index contributed by atoms with van der Waals surface area (Å²) in [4.78, 5) is 15.4. The fourth-order valence-electron chi connectivity index (χ4n) is 0.962. The Hall–Kier alpha value is -0.980. The van der Waals surface area contributed by atoms with E-state index in [9.17, 15) is 4.79 Å². The van der Waals surface area contributed by atoms with Gasteiger partial charge in [0.2, 0.25) is 5.91 Å². The van der Waals surface area contributed by atoms with Crippen molar-refractivity contribution in [1.29, 1.82) is 0 Å². The van der Waals surface area contributed by atoms with Crippen LogP contribution in [-0.2, 0) is 17.8 Å². The van der Waals surface area contributed by atoms with Gasteiger partial charge in [-0.1, -0.05) is 0 Å². The molecule has 0 aliphatic carbocycles. The zero-order valence-corrected chi connectivity index (χ0v) is 8.64. The highest BCUT2D eigenvalue weighted by Crippen LogP contribution is 2.08. The number of nitrogens with one attached hydrogen (secondary N) is 1. The van der Waals surface area contributed by atoms with Crippen LogP contribution in [0.4, 0.5) is 0 Å². The van der Waals surface area contributed by atoms with Crippen molar-refractivity contribution in [2.24, 2.45) is 11.5 Å². The summed E-state index contributed by atoms with van der Waals surface area (Å²) < 4.78 is 0. The molecule has 0 saturated heterocycles. The second-order valence-electron chi connectivity index (χ2n) is 2.75. The summed E-state index contributed by atoms with van der Waals surface area (Å²) in [5.41, 5.74) is 11.4. The summed E-state index contributed by atoms with van der Waals surface area (Å²) in [6.07, 6.45) is 0.302. The van der Waals surface area contributed by atoms with E-state index in [2.05, 4.69) is 10.3 Å². The van der Waals surface area contributed by atoms with Crippen molar-refractivity contribution >= 4 is 17.2 Å². The van der Waals surface area contributed by atoms with Crippen LogP contribution in [-0.4, -0.2) is 24.0 Å². The van der Waals surface area contributed by atoms with Crippen LogP contribution < -0.4 is 16.8 Å². The van der Waals surface area contributed by atoms with Crippen molar-refractivity contribution in [2.45, 2.75) is 13.0 Å². The van der Waals surface area contributed by atoms with E-state index in [-0.39, 0.29) is 5.91 Å². The van der Waals surface area contributed by atoms with E-state index < -0.39 is 0 Å². The molecule has 1 aromatic heterocycles. The monoisotopic (exact) mass is 214 g/mol. The number of carbonyl (C=O) groups is 1. The Morgan fingerprint density at radius 2 is 2.36 bits per heavy atom. The second-order valence-corrected chi connectivity index (χ2v) is 3.69. The minimum atomic E-state index is -0.0516. The van der Waals surface area contributed by atoms with E-state index in [0.717, 1.165) is 10.7 Å². The van der Waals surface area contributed by atoms with Crippen LogP contribution in [0, 0.1) is 0 Å². The molecule has 5 nitrogen and oxygen atoms in total. The predicted octanol–water partition coefficient (Wildman–Crippen LogP) is -0.781.